The third-order valence-electron chi connectivity index (χ3n) is 10.6. The molecule has 61 heavy (non-hydrogen) atoms. The van der Waals surface area contributed by atoms with Gasteiger partial charge in [-0.2, -0.15) is 11.8 Å². The summed E-state index contributed by atoms with van der Waals surface area (Å²) in [6, 6.07) is 7.24. The van der Waals surface area contributed by atoms with Crippen molar-refractivity contribution in [2.24, 2.45) is 5.92 Å². The van der Waals surface area contributed by atoms with Crippen molar-refractivity contribution >= 4 is 43.0 Å². The summed E-state index contributed by atoms with van der Waals surface area (Å²) in [7, 11) is 3.20. The Labute approximate surface area is 377 Å². The minimum Gasteiger partial charge on any atom is -0.392 e. The van der Waals surface area contributed by atoms with Gasteiger partial charge in [0.05, 0.1) is 70.2 Å². The first-order chi connectivity index (χ1) is 29.2. The number of hydrogen-bond acceptors (Lipinski definition) is 11. The van der Waals surface area contributed by atoms with Crippen molar-refractivity contribution in [1.82, 2.24) is 5.32 Å². The maximum atomic E-state index is 13.0. The Kier molecular flexibility index (Phi) is 30.4. The molecule has 4 N–H and O–H groups in total. The van der Waals surface area contributed by atoms with E-state index in [1.807, 2.05) is 45.4 Å². The summed E-state index contributed by atoms with van der Waals surface area (Å²) in [6.45, 7) is 3.80. The minimum atomic E-state index is -4.32. The molecule has 1 amide bonds. The van der Waals surface area contributed by atoms with Gasteiger partial charge in [-0.05, 0) is 35.5 Å². The number of methoxy groups -OCH3 is 1. The van der Waals surface area contributed by atoms with Crippen molar-refractivity contribution in [2.45, 2.75) is 146 Å². The normalized spacial score (nSPS) is 19.1. The first-order valence-corrected chi connectivity index (χ1v) is 26.6. The molecule has 0 heterocycles. The molecule has 1 aliphatic rings. The second-order valence-corrected chi connectivity index (χ2v) is 21.3. The molecule has 2 rings (SSSR count). The highest BCUT2D eigenvalue weighted by Crippen LogP contribution is 2.43. The highest BCUT2D eigenvalue weighted by Gasteiger charge is 2.40. The van der Waals surface area contributed by atoms with Gasteiger partial charge < -0.3 is 34.4 Å². The van der Waals surface area contributed by atoms with Crippen molar-refractivity contribution in [3.63, 3.8) is 0 Å². The Balaban J connectivity index is 1.72. The van der Waals surface area contributed by atoms with Gasteiger partial charge in [0, 0.05) is 32.5 Å². The molecule has 352 valence electrons. The molecule has 15 heteroatoms. The maximum absolute atomic E-state index is 13.0. The molecular weight excluding hydrogens is 836 g/mol. The average Bonchev–Trinajstić information content (AvgIpc) is 3.47. The lowest BCUT2D eigenvalue weighted by Crippen LogP contribution is -2.42. The molecule has 2 unspecified atom stereocenters. The lowest BCUT2D eigenvalue weighted by molar-refractivity contribution is -0.870. The number of carbonyl (C=O) groups is 2. The number of carbonyl (C=O) groups excluding carboxylic acids is 2. The number of aliphatic hydroxyl groups is 2. The number of phosphoric acid groups is 1. The average molecular weight is 918 g/mol. The smallest absolute Gasteiger partial charge is 0.392 e. The van der Waals surface area contributed by atoms with Crippen molar-refractivity contribution in [1.29, 1.82) is 0 Å². The number of benzene rings is 1. The predicted octanol–water partition coefficient (Wildman–Crippen LogP) is 8.29. The maximum Gasteiger partial charge on any atom is 0.472 e. The van der Waals surface area contributed by atoms with Gasteiger partial charge in [0.25, 0.3) is 0 Å². The Morgan fingerprint density at radius 2 is 1.56 bits per heavy atom. The van der Waals surface area contributed by atoms with E-state index in [1.165, 1.54) is 101 Å². The fourth-order valence-corrected chi connectivity index (χ4v) is 10.1. The summed E-state index contributed by atoms with van der Waals surface area (Å²) in [4.78, 5) is 36.0. The van der Waals surface area contributed by atoms with E-state index in [4.69, 9.17) is 18.5 Å². The second-order valence-electron chi connectivity index (χ2n) is 17.5. The number of rotatable bonds is 38. The fourth-order valence-electron chi connectivity index (χ4n) is 7.10. The lowest BCUT2D eigenvalue weighted by atomic mass is 10.0. The highest BCUT2D eigenvalue weighted by molar-refractivity contribution is 8.01. The number of ether oxygens (including phenoxy) is 2. The molecule has 0 bridgehead atoms. The third kappa shape index (κ3) is 28.3. The number of hydrogen-bond donors (Lipinski definition) is 4. The van der Waals surface area contributed by atoms with Gasteiger partial charge in [-0.1, -0.05) is 127 Å². The number of ketones is 1. The monoisotopic (exact) mass is 918 g/mol. The van der Waals surface area contributed by atoms with E-state index >= 15 is 0 Å². The zero-order valence-electron chi connectivity index (χ0n) is 38.1. The third-order valence-corrected chi connectivity index (χ3v) is 14.1. The molecule has 0 spiro atoms. The van der Waals surface area contributed by atoms with E-state index in [0.29, 0.717) is 42.2 Å². The number of phosphoric ester groups is 1. The standard InChI is InChI=1S/C46H81N2O10PS2/c1-6-7-8-9-10-11-12-13-14-15-16-17-18-19-27-56-35-40(36-58-59(53,54)57-28-26-48(2,3)4)47-45(52)37-60-29-21-30-61-46-42(43(50)33-44(46)51)25-24-41(49)32-38-22-20-23-39(31-38)34-55-5/h20,22-25,31,40-43,46,49-50H,6-19,21,26-30,32-37H2,1-5H3,(H-,47,52,53,54)/p+1/b25-24+/t40?,41-,42+,43-,46-/m1/s1. The molecule has 0 saturated heterocycles. The van der Waals surface area contributed by atoms with Crippen LogP contribution >= 0.6 is 31.3 Å². The number of thioether (sulfide) groups is 2. The van der Waals surface area contributed by atoms with E-state index in [9.17, 15) is 29.3 Å². The van der Waals surface area contributed by atoms with Crippen LogP contribution in [0.4, 0.5) is 0 Å². The van der Waals surface area contributed by atoms with Crippen LogP contribution in [0.1, 0.15) is 121 Å². The molecule has 0 aromatic heterocycles. The van der Waals surface area contributed by atoms with Crippen LogP contribution in [-0.2, 0) is 45.7 Å². The van der Waals surface area contributed by atoms with Gasteiger partial charge in [-0.25, -0.2) is 4.57 Å². The largest absolute Gasteiger partial charge is 0.472 e. The number of nitrogens with zero attached hydrogens (tertiary/aromatic N) is 1. The van der Waals surface area contributed by atoms with Crippen LogP contribution < -0.4 is 5.32 Å². The van der Waals surface area contributed by atoms with Crippen molar-refractivity contribution in [3.8, 4) is 0 Å². The molecule has 6 atom stereocenters. The van der Waals surface area contributed by atoms with Crippen molar-refractivity contribution in [2.75, 3.05) is 78.5 Å². The van der Waals surface area contributed by atoms with E-state index in [0.717, 1.165) is 30.4 Å². The van der Waals surface area contributed by atoms with Crippen LogP contribution in [0.5, 0.6) is 0 Å². The Morgan fingerprint density at radius 3 is 2.20 bits per heavy atom. The van der Waals surface area contributed by atoms with Crippen LogP contribution in [0, 0.1) is 5.92 Å². The summed E-state index contributed by atoms with van der Waals surface area (Å²) >= 11 is 2.98. The molecule has 1 fully saturated rings. The first kappa shape index (κ1) is 55.8. The topological polar surface area (TPSA) is 161 Å². The summed E-state index contributed by atoms with van der Waals surface area (Å²) in [5, 5.41) is 23.8. The van der Waals surface area contributed by atoms with Gasteiger partial charge in [-0.3, -0.25) is 18.6 Å². The number of aliphatic hydroxyl groups excluding tert-OH is 2. The lowest BCUT2D eigenvalue weighted by Gasteiger charge is -2.24. The van der Waals surface area contributed by atoms with Crippen molar-refractivity contribution < 1.29 is 52.3 Å². The molecular formula is C46H82N2O10PS2+. The molecule has 0 aliphatic heterocycles. The quantitative estimate of drug-likeness (QED) is 0.0218. The Bertz CT molecular complexity index is 1400. The van der Waals surface area contributed by atoms with E-state index in [2.05, 4.69) is 12.2 Å². The summed E-state index contributed by atoms with van der Waals surface area (Å²) in [5.41, 5.74) is 2.01. The number of amides is 1. The molecule has 1 aromatic rings. The van der Waals surface area contributed by atoms with Gasteiger partial charge >= 0.3 is 7.82 Å². The van der Waals surface area contributed by atoms with Crippen LogP contribution in [0.15, 0.2) is 36.4 Å². The number of Topliss-reactive ketones (excluding diaryl/α,β-unsaturated/α-hetero) is 1. The zero-order valence-corrected chi connectivity index (χ0v) is 40.7. The molecule has 1 aromatic carbocycles. The van der Waals surface area contributed by atoms with E-state index in [1.54, 1.807) is 19.3 Å². The zero-order chi connectivity index (χ0) is 44.8. The van der Waals surface area contributed by atoms with E-state index < -0.39 is 26.1 Å². The summed E-state index contributed by atoms with van der Waals surface area (Å²) in [6.07, 6.45) is 21.0. The minimum absolute atomic E-state index is 0.00644. The van der Waals surface area contributed by atoms with Gasteiger partial charge in [0.1, 0.15) is 18.9 Å². The van der Waals surface area contributed by atoms with Crippen molar-refractivity contribution in [3.05, 3.63) is 47.5 Å². The summed E-state index contributed by atoms with van der Waals surface area (Å²) < 4.78 is 34.7. The SMILES string of the molecule is CCCCCCCCCCCCCCCCOCC(COP(=O)(O)OCC[N+](C)(C)C)NC(=O)CSCCCS[C@H]1C(=O)C[C@@H](O)[C@@H]1/C=C/[C@@H](O)Cc1cccc(COC)c1. The van der Waals surface area contributed by atoms with Gasteiger partial charge in [-0.15, -0.1) is 11.8 Å². The van der Waals surface area contributed by atoms with Gasteiger partial charge in [0.2, 0.25) is 5.91 Å². The highest BCUT2D eigenvalue weighted by atomic mass is 32.2. The second kappa shape index (κ2) is 33.2. The fraction of sp³-hybridized carbons (Fsp3) is 0.783. The number of likely N-dealkylation sites (N-methyl/N-ethyl adjacent to an activating group) is 1. The first-order valence-electron chi connectivity index (χ1n) is 22.9. The Hall–Kier alpha value is -1.29. The summed E-state index contributed by atoms with van der Waals surface area (Å²) in [5.74, 6) is 0.961. The Morgan fingerprint density at radius 1 is 0.918 bits per heavy atom. The number of unbranched alkanes of at least 4 members (excludes halogenated alkanes) is 13. The molecule has 0 radical (unpaired) electrons. The van der Waals surface area contributed by atoms with E-state index in [-0.39, 0.29) is 54.9 Å². The predicted molar refractivity (Wildman–Crippen MR) is 251 cm³/mol. The van der Waals surface area contributed by atoms with Gasteiger partial charge in [0.15, 0.2) is 0 Å². The van der Waals surface area contributed by atoms with Crippen LogP contribution in [0.25, 0.3) is 0 Å². The van der Waals surface area contributed by atoms with Crippen LogP contribution in [-0.4, -0.2) is 133 Å². The molecule has 1 aliphatic carbocycles. The van der Waals surface area contributed by atoms with Crippen LogP contribution in [0.2, 0.25) is 0 Å². The molecule has 1 saturated carbocycles. The number of quaternary nitrogens is 1. The van der Waals surface area contributed by atoms with Crippen LogP contribution in [0.3, 0.4) is 0 Å². The number of nitrogens with one attached hydrogen (secondary N) is 1. The molecule has 12 nitrogen and oxygen atoms in total.